The van der Waals surface area contributed by atoms with E-state index >= 15 is 0 Å². The Morgan fingerprint density at radius 3 is 2.38 bits per heavy atom. The second-order valence-electron chi connectivity index (χ2n) is 3.61. The first-order valence-corrected chi connectivity index (χ1v) is 5.83. The van der Waals surface area contributed by atoms with Gasteiger partial charge in [0.25, 0.3) is 0 Å². The molecule has 0 saturated heterocycles. The summed E-state index contributed by atoms with van der Waals surface area (Å²) in [5, 5.41) is 0. The molecule has 0 unspecified atom stereocenters. The smallest absolute Gasteiger partial charge is 0.160 e. The first kappa shape index (κ1) is 11.1. The highest BCUT2D eigenvalue weighted by molar-refractivity contribution is 9.10. The number of carbonyl (C=O) groups is 1. The van der Waals surface area contributed by atoms with Gasteiger partial charge in [0, 0.05) is 10.0 Å². The molecule has 0 atom stereocenters. The number of rotatable bonds is 2. The topological polar surface area (TPSA) is 17.1 Å². The van der Waals surface area contributed by atoms with Crippen LogP contribution in [0.15, 0.2) is 53.0 Å². The molecule has 0 heterocycles. The van der Waals surface area contributed by atoms with Crippen LogP contribution in [0.25, 0.3) is 11.1 Å². The molecule has 0 fully saturated rings. The van der Waals surface area contributed by atoms with Gasteiger partial charge in [-0.1, -0.05) is 52.3 Å². The maximum Gasteiger partial charge on any atom is 0.160 e. The van der Waals surface area contributed by atoms with Gasteiger partial charge < -0.3 is 0 Å². The van der Waals surface area contributed by atoms with Gasteiger partial charge in [0.05, 0.1) is 0 Å². The summed E-state index contributed by atoms with van der Waals surface area (Å²) in [7, 11) is 0. The minimum atomic E-state index is 0.0835. The molecule has 0 aliphatic carbocycles. The van der Waals surface area contributed by atoms with Crippen LogP contribution in [0.4, 0.5) is 0 Å². The fourth-order valence-corrected chi connectivity index (χ4v) is 2.04. The Kier molecular flexibility index (Phi) is 3.20. The third-order valence-corrected chi connectivity index (χ3v) is 2.94. The Balaban J connectivity index is 2.61. The lowest BCUT2D eigenvalue weighted by atomic mass is 9.98. The molecule has 0 N–H and O–H groups in total. The van der Waals surface area contributed by atoms with Gasteiger partial charge in [-0.3, -0.25) is 4.79 Å². The van der Waals surface area contributed by atoms with E-state index in [0.29, 0.717) is 0 Å². The van der Waals surface area contributed by atoms with E-state index in [4.69, 9.17) is 0 Å². The van der Waals surface area contributed by atoms with E-state index in [1.165, 1.54) is 0 Å². The minimum Gasteiger partial charge on any atom is -0.294 e. The maximum absolute atomic E-state index is 11.6. The standard InChI is InChI=1S/C14H11BrO/c1-10(16)14-9-12(15)7-8-13(14)11-5-3-2-4-6-11/h2-9H,1H3. The van der Waals surface area contributed by atoms with Gasteiger partial charge in [-0.25, -0.2) is 0 Å². The van der Waals surface area contributed by atoms with E-state index < -0.39 is 0 Å². The van der Waals surface area contributed by atoms with Gasteiger partial charge in [0.1, 0.15) is 0 Å². The summed E-state index contributed by atoms with van der Waals surface area (Å²) < 4.78 is 0.928. The molecule has 0 aliphatic heterocycles. The molecule has 2 aromatic carbocycles. The number of Topliss-reactive ketones (excluding diaryl/α,β-unsaturated/α-hetero) is 1. The molecule has 2 aromatic rings. The highest BCUT2D eigenvalue weighted by Crippen LogP contribution is 2.26. The highest BCUT2D eigenvalue weighted by atomic mass is 79.9. The molecule has 2 heteroatoms. The van der Waals surface area contributed by atoms with Crippen molar-refractivity contribution in [3.8, 4) is 11.1 Å². The lowest BCUT2D eigenvalue weighted by Crippen LogP contribution is -1.95. The lowest BCUT2D eigenvalue weighted by molar-refractivity contribution is 0.101. The summed E-state index contributed by atoms with van der Waals surface area (Å²) in [6.45, 7) is 1.59. The summed E-state index contributed by atoms with van der Waals surface area (Å²) in [4.78, 5) is 11.6. The van der Waals surface area contributed by atoms with Crippen LogP contribution in [-0.2, 0) is 0 Å². The molecule has 0 spiro atoms. The monoisotopic (exact) mass is 274 g/mol. The Morgan fingerprint density at radius 1 is 1.06 bits per heavy atom. The highest BCUT2D eigenvalue weighted by Gasteiger charge is 2.09. The van der Waals surface area contributed by atoms with E-state index in [0.717, 1.165) is 21.2 Å². The van der Waals surface area contributed by atoms with Crippen LogP contribution in [0.2, 0.25) is 0 Å². The molecule has 0 bridgehead atoms. The van der Waals surface area contributed by atoms with Crippen molar-refractivity contribution in [3.05, 3.63) is 58.6 Å². The zero-order valence-corrected chi connectivity index (χ0v) is 10.5. The molecular weight excluding hydrogens is 264 g/mol. The molecule has 2 rings (SSSR count). The fraction of sp³-hybridized carbons (Fsp3) is 0.0714. The molecule has 80 valence electrons. The van der Waals surface area contributed by atoms with Crippen molar-refractivity contribution in [2.75, 3.05) is 0 Å². The molecule has 0 aromatic heterocycles. The van der Waals surface area contributed by atoms with Crippen LogP contribution in [0, 0.1) is 0 Å². The molecule has 0 aliphatic rings. The first-order valence-electron chi connectivity index (χ1n) is 5.04. The number of halogens is 1. The van der Waals surface area contributed by atoms with Crippen LogP contribution in [-0.4, -0.2) is 5.78 Å². The third kappa shape index (κ3) is 2.22. The Bertz CT molecular complexity index is 518. The van der Waals surface area contributed by atoms with Gasteiger partial charge >= 0.3 is 0 Å². The maximum atomic E-state index is 11.6. The van der Waals surface area contributed by atoms with E-state index in [2.05, 4.69) is 15.9 Å². The van der Waals surface area contributed by atoms with Gasteiger partial charge in [-0.15, -0.1) is 0 Å². The molecule has 0 amide bonds. The zero-order valence-electron chi connectivity index (χ0n) is 8.91. The van der Waals surface area contributed by atoms with E-state index in [9.17, 15) is 4.79 Å². The van der Waals surface area contributed by atoms with Crippen molar-refractivity contribution in [1.82, 2.24) is 0 Å². The lowest BCUT2D eigenvalue weighted by Gasteiger charge is -2.07. The fourth-order valence-electron chi connectivity index (χ4n) is 1.68. The van der Waals surface area contributed by atoms with Crippen molar-refractivity contribution in [3.63, 3.8) is 0 Å². The summed E-state index contributed by atoms with van der Waals surface area (Å²) >= 11 is 3.38. The Labute approximate surface area is 103 Å². The second kappa shape index (κ2) is 4.62. The van der Waals surface area contributed by atoms with Crippen LogP contribution >= 0.6 is 15.9 Å². The van der Waals surface area contributed by atoms with Crippen LogP contribution in [0.3, 0.4) is 0 Å². The van der Waals surface area contributed by atoms with E-state index in [1.807, 2.05) is 48.5 Å². The van der Waals surface area contributed by atoms with Crippen LogP contribution < -0.4 is 0 Å². The summed E-state index contributed by atoms with van der Waals surface area (Å²) in [6.07, 6.45) is 0. The molecule has 0 saturated carbocycles. The SMILES string of the molecule is CC(=O)c1cc(Br)ccc1-c1ccccc1. The average molecular weight is 275 g/mol. The van der Waals surface area contributed by atoms with Gasteiger partial charge in [-0.2, -0.15) is 0 Å². The molecule has 0 radical (unpaired) electrons. The second-order valence-corrected chi connectivity index (χ2v) is 4.53. The van der Waals surface area contributed by atoms with Crippen LogP contribution in [0.5, 0.6) is 0 Å². The van der Waals surface area contributed by atoms with Crippen molar-refractivity contribution in [1.29, 1.82) is 0 Å². The summed E-state index contributed by atoms with van der Waals surface area (Å²) in [5.41, 5.74) is 2.80. The van der Waals surface area contributed by atoms with Crippen molar-refractivity contribution in [2.24, 2.45) is 0 Å². The molecule has 16 heavy (non-hydrogen) atoms. The average Bonchev–Trinajstić information content (AvgIpc) is 2.30. The normalized spacial score (nSPS) is 10.1. The third-order valence-electron chi connectivity index (χ3n) is 2.45. The zero-order chi connectivity index (χ0) is 11.5. The van der Waals surface area contributed by atoms with Crippen LogP contribution in [0.1, 0.15) is 17.3 Å². The van der Waals surface area contributed by atoms with Crippen molar-refractivity contribution in [2.45, 2.75) is 6.92 Å². The van der Waals surface area contributed by atoms with Gasteiger partial charge in [0.15, 0.2) is 5.78 Å². The quantitative estimate of drug-likeness (QED) is 0.746. The van der Waals surface area contributed by atoms with E-state index in [1.54, 1.807) is 6.92 Å². The number of hydrogen-bond donors (Lipinski definition) is 0. The summed E-state index contributed by atoms with van der Waals surface area (Å²) in [5.74, 6) is 0.0835. The van der Waals surface area contributed by atoms with Crippen molar-refractivity contribution >= 4 is 21.7 Å². The Hall–Kier alpha value is -1.41. The number of ketones is 1. The number of carbonyl (C=O) groups excluding carboxylic acids is 1. The Morgan fingerprint density at radius 2 is 1.75 bits per heavy atom. The number of hydrogen-bond acceptors (Lipinski definition) is 1. The predicted molar refractivity (Wildman–Crippen MR) is 69.6 cm³/mol. The van der Waals surface area contributed by atoms with Gasteiger partial charge in [0.2, 0.25) is 0 Å². The molecule has 1 nitrogen and oxygen atoms in total. The predicted octanol–water partition coefficient (Wildman–Crippen LogP) is 4.32. The number of benzene rings is 2. The first-order chi connectivity index (χ1) is 7.68. The van der Waals surface area contributed by atoms with Crippen molar-refractivity contribution < 1.29 is 4.79 Å². The largest absolute Gasteiger partial charge is 0.294 e. The van der Waals surface area contributed by atoms with E-state index in [-0.39, 0.29) is 5.78 Å². The minimum absolute atomic E-state index is 0.0835. The summed E-state index contributed by atoms with van der Waals surface area (Å²) in [6, 6.07) is 15.7. The molecular formula is C14H11BrO. The van der Waals surface area contributed by atoms with Gasteiger partial charge in [-0.05, 0) is 30.2 Å².